The topological polar surface area (TPSA) is 53.4 Å². The Morgan fingerprint density at radius 2 is 2.44 bits per heavy atom. The molecule has 86 valence electrons. The Labute approximate surface area is 94.9 Å². The number of rotatable bonds is 3. The number of nitrogens with zero attached hydrogens (tertiary/aromatic N) is 2. The molecule has 0 aliphatic carbocycles. The maximum Gasteiger partial charge on any atom is 0.308 e. The highest BCUT2D eigenvalue weighted by Crippen LogP contribution is 2.25. The fourth-order valence-corrected chi connectivity index (χ4v) is 2.26. The van der Waals surface area contributed by atoms with Crippen LogP contribution in [0.15, 0.2) is 24.4 Å². The molecule has 0 spiro atoms. The Balaban J connectivity index is 2.00. The number of likely N-dealkylation sites (tertiary alicyclic amines) is 1. The van der Waals surface area contributed by atoms with Gasteiger partial charge in [-0.2, -0.15) is 0 Å². The summed E-state index contributed by atoms with van der Waals surface area (Å²) in [4.78, 5) is 17.4. The van der Waals surface area contributed by atoms with Crippen LogP contribution in [-0.4, -0.2) is 33.5 Å². The van der Waals surface area contributed by atoms with Crippen LogP contribution >= 0.6 is 0 Å². The van der Waals surface area contributed by atoms with Gasteiger partial charge in [0.25, 0.3) is 0 Å². The number of pyridine rings is 1. The molecule has 0 amide bonds. The third kappa shape index (κ3) is 2.22. The summed E-state index contributed by atoms with van der Waals surface area (Å²) in [5.41, 5.74) is 1.00. The van der Waals surface area contributed by atoms with Crippen LogP contribution < -0.4 is 0 Å². The Hall–Kier alpha value is -1.42. The lowest BCUT2D eigenvalue weighted by molar-refractivity contribution is -0.142. The van der Waals surface area contributed by atoms with Crippen molar-refractivity contribution >= 4 is 5.97 Å². The summed E-state index contributed by atoms with van der Waals surface area (Å²) >= 11 is 0. The van der Waals surface area contributed by atoms with Gasteiger partial charge in [0.2, 0.25) is 0 Å². The molecular weight excluding hydrogens is 204 g/mol. The number of hydrogen-bond acceptors (Lipinski definition) is 3. The summed E-state index contributed by atoms with van der Waals surface area (Å²) in [5, 5.41) is 9.03. The van der Waals surface area contributed by atoms with Crippen molar-refractivity contribution in [2.45, 2.75) is 25.9 Å². The second kappa shape index (κ2) is 4.61. The summed E-state index contributed by atoms with van der Waals surface area (Å²) < 4.78 is 0. The summed E-state index contributed by atoms with van der Waals surface area (Å²) in [6.45, 7) is 3.56. The van der Waals surface area contributed by atoms with Crippen LogP contribution in [0.1, 0.15) is 19.0 Å². The van der Waals surface area contributed by atoms with Crippen LogP contribution in [0.25, 0.3) is 0 Å². The quantitative estimate of drug-likeness (QED) is 0.836. The van der Waals surface area contributed by atoms with Crippen LogP contribution in [0.4, 0.5) is 0 Å². The molecule has 0 radical (unpaired) electrons. The smallest absolute Gasteiger partial charge is 0.308 e. The molecule has 4 heteroatoms. The molecule has 0 bridgehead atoms. The summed E-state index contributed by atoms with van der Waals surface area (Å²) in [5.74, 6) is -0.917. The molecule has 1 aliphatic rings. The number of aromatic nitrogens is 1. The van der Waals surface area contributed by atoms with Crippen molar-refractivity contribution in [1.29, 1.82) is 0 Å². The van der Waals surface area contributed by atoms with Crippen molar-refractivity contribution in [3.05, 3.63) is 30.1 Å². The van der Waals surface area contributed by atoms with Gasteiger partial charge >= 0.3 is 5.97 Å². The van der Waals surface area contributed by atoms with E-state index in [1.165, 1.54) is 0 Å². The van der Waals surface area contributed by atoms with E-state index in [0.29, 0.717) is 0 Å². The van der Waals surface area contributed by atoms with Gasteiger partial charge in [-0.1, -0.05) is 6.07 Å². The van der Waals surface area contributed by atoms with Crippen molar-refractivity contribution in [2.24, 2.45) is 5.92 Å². The van der Waals surface area contributed by atoms with E-state index < -0.39 is 5.97 Å². The SMILES string of the molecule is C[C@@H]1[C@@H](C(=O)O)CCN1Cc1ccccn1. The highest BCUT2D eigenvalue weighted by atomic mass is 16.4. The van der Waals surface area contributed by atoms with Gasteiger partial charge in [0.15, 0.2) is 0 Å². The Morgan fingerprint density at radius 1 is 1.62 bits per heavy atom. The second-order valence-corrected chi connectivity index (χ2v) is 4.27. The average Bonchev–Trinajstić information content (AvgIpc) is 2.62. The molecule has 0 aromatic carbocycles. The molecule has 1 saturated heterocycles. The Morgan fingerprint density at radius 3 is 3.00 bits per heavy atom. The van der Waals surface area contributed by atoms with E-state index in [4.69, 9.17) is 5.11 Å². The molecule has 4 nitrogen and oxygen atoms in total. The predicted octanol–water partition coefficient (Wildman–Crippen LogP) is 1.38. The molecule has 1 aromatic rings. The van der Waals surface area contributed by atoms with Gasteiger partial charge in [-0.15, -0.1) is 0 Å². The monoisotopic (exact) mass is 220 g/mol. The zero-order chi connectivity index (χ0) is 11.5. The second-order valence-electron chi connectivity index (χ2n) is 4.27. The van der Waals surface area contributed by atoms with Crippen molar-refractivity contribution in [3.63, 3.8) is 0 Å². The Bertz CT molecular complexity index is 367. The summed E-state index contributed by atoms with van der Waals surface area (Å²) in [6.07, 6.45) is 2.51. The molecule has 1 aromatic heterocycles. The van der Waals surface area contributed by atoms with Gasteiger partial charge in [-0.3, -0.25) is 14.7 Å². The Kier molecular flexibility index (Phi) is 3.19. The first-order chi connectivity index (χ1) is 7.68. The van der Waals surface area contributed by atoms with E-state index in [0.717, 1.165) is 25.2 Å². The number of hydrogen-bond donors (Lipinski definition) is 1. The normalized spacial score (nSPS) is 25.8. The van der Waals surface area contributed by atoms with Gasteiger partial charge < -0.3 is 5.11 Å². The first-order valence-electron chi connectivity index (χ1n) is 5.55. The van der Waals surface area contributed by atoms with Gasteiger partial charge in [0.05, 0.1) is 11.6 Å². The zero-order valence-electron chi connectivity index (χ0n) is 9.34. The largest absolute Gasteiger partial charge is 0.481 e. The lowest BCUT2D eigenvalue weighted by Crippen LogP contribution is -2.32. The average molecular weight is 220 g/mol. The maximum atomic E-state index is 11.0. The van der Waals surface area contributed by atoms with Crippen molar-refractivity contribution in [1.82, 2.24) is 9.88 Å². The van der Waals surface area contributed by atoms with E-state index in [-0.39, 0.29) is 12.0 Å². The molecule has 2 atom stereocenters. The van der Waals surface area contributed by atoms with E-state index in [9.17, 15) is 4.79 Å². The molecule has 1 N–H and O–H groups in total. The first-order valence-corrected chi connectivity index (χ1v) is 5.55. The lowest BCUT2D eigenvalue weighted by Gasteiger charge is -2.22. The summed E-state index contributed by atoms with van der Waals surface area (Å²) in [6, 6.07) is 5.91. The van der Waals surface area contributed by atoms with E-state index in [1.807, 2.05) is 25.1 Å². The van der Waals surface area contributed by atoms with Crippen molar-refractivity contribution in [3.8, 4) is 0 Å². The highest BCUT2D eigenvalue weighted by Gasteiger charge is 2.35. The van der Waals surface area contributed by atoms with Crippen LogP contribution in [-0.2, 0) is 11.3 Å². The highest BCUT2D eigenvalue weighted by molar-refractivity contribution is 5.71. The fraction of sp³-hybridized carbons (Fsp3) is 0.500. The number of carbonyl (C=O) groups is 1. The van der Waals surface area contributed by atoms with Crippen LogP contribution in [0.3, 0.4) is 0 Å². The van der Waals surface area contributed by atoms with Crippen LogP contribution in [0.5, 0.6) is 0 Å². The molecular formula is C12H16N2O2. The fourth-order valence-electron chi connectivity index (χ4n) is 2.26. The van der Waals surface area contributed by atoms with Crippen molar-refractivity contribution < 1.29 is 9.90 Å². The lowest BCUT2D eigenvalue weighted by atomic mass is 10.0. The minimum atomic E-state index is -0.684. The molecule has 0 saturated carbocycles. The maximum absolute atomic E-state index is 11.0. The minimum absolute atomic E-state index is 0.0968. The van der Waals surface area contributed by atoms with E-state index in [1.54, 1.807) is 6.20 Å². The number of aliphatic carboxylic acids is 1. The van der Waals surface area contributed by atoms with Gasteiger partial charge in [0.1, 0.15) is 0 Å². The van der Waals surface area contributed by atoms with Crippen LogP contribution in [0, 0.1) is 5.92 Å². The third-order valence-corrected chi connectivity index (χ3v) is 3.29. The molecule has 0 unspecified atom stereocenters. The third-order valence-electron chi connectivity index (χ3n) is 3.29. The number of carboxylic acid groups (broad SMARTS) is 1. The van der Waals surface area contributed by atoms with E-state index >= 15 is 0 Å². The number of carboxylic acids is 1. The van der Waals surface area contributed by atoms with Crippen LogP contribution in [0.2, 0.25) is 0 Å². The molecule has 16 heavy (non-hydrogen) atoms. The molecule has 1 fully saturated rings. The molecule has 2 rings (SSSR count). The van der Waals surface area contributed by atoms with Gasteiger partial charge in [0, 0.05) is 18.8 Å². The molecule has 1 aliphatic heterocycles. The summed E-state index contributed by atoms with van der Waals surface area (Å²) in [7, 11) is 0. The van der Waals surface area contributed by atoms with Crippen molar-refractivity contribution in [2.75, 3.05) is 6.54 Å². The first kappa shape index (κ1) is 11.1. The van der Waals surface area contributed by atoms with Gasteiger partial charge in [-0.25, -0.2) is 0 Å². The van der Waals surface area contributed by atoms with E-state index in [2.05, 4.69) is 9.88 Å². The zero-order valence-corrected chi connectivity index (χ0v) is 9.34. The minimum Gasteiger partial charge on any atom is -0.481 e. The van der Waals surface area contributed by atoms with Gasteiger partial charge in [-0.05, 0) is 32.0 Å². The predicted molar refractivity (Wildman–Crippen MR) is 59.9 cm³/mol. The standard InChI is InChI=1S/C12H16N2O2/c1-9-11(12(15)16)5-7-14(9)8-10-4-2-3-6-13-10/h2-4,6,9,11H,5,7-8H2,1H3,(H,15,16)/t9-,11+/m1/s1. The molecule has 2 heterocycles.